The molecule has 250 valence electrons. The van der Waals surface area contributed by atoms with Crippen LogP contribution >= 0.6 is 23.2 Å². The zero-order valence-electron chi connectivity index (χ0n) is 27.5. The van der Waals surface area contributed by atoms with E-state index in [9.17, 15) is 14.4 Å². The Kier molecular flexibility index (Phi) is 9.40. The van der Waals surface area contributed by atoms with Gasteiger partial charge in [0.15, 0.2) is 0 Å². The number of hydrogen-bond donors (Lipinski definition) is 3. The SMILES string of the molecule is COc1cc(CC(=O)OC(C)(C)C)ccc1NC(=O)[C@@H]1N[C@@H](CC(C)(C)C)C2(C(=O)Nc3cc(Cl)ccc32)[C@@H]1c1cccc(Cl)c1F. The van der Waals surface area contributed by atoms with E-state index in [0.29, 0.717) is 39.7 Å². The van der Waals surface area contributed by atoms with Crippen molar-refractivity contribution in [1.29, 1.82) is 0 Å². The van der Waals surface area contributed by atoms with E-state index in [0.717, 1.165) is 0 Å². The van der Waals surface area contributed by atoms with Crippen LogP contribution in [0.15, 0.2) is 54.6 Å². The number of anilines is 2. The van der Waals surface area contributed by atoms with Crippen molar-refractivity contribution in [2.75, 3.05) is 17.7 Å². The number of fused-ring (bicyclic) bond motifs is 2. The number of methoxy groups -OCH3 is 1. The lowest BCUT2D eigenvalue weighted by atomic mass is 9.62. The van der Waals surface area contributed by atoms with Gasteiger partial charge in [-0.05, 0) is 79.6 Å². The van der Waals surface area contributed by atoms with Crippen LogP contribution in [0.2, 0.25) is 10.0 Å². The molecule has 2 amide bonds. The first kappa shape index (κ1) is 34.7. The quantitative estimate of drug-likeness (QED) is 0.224. The summed E-state index contributed by atoms with van der Waals surface area (Å²) in [6.45, 7) is 11.5. The molecule has 2 aliphatic rings. The molecular weight excluding hydrogens is 644 g/mol. The fourth-order valence-corrected chi connectivity index (χ4v) is 7.21. The Hall–Kier alpha value is -3.66. The number of halogens is 3. The average Bonchev–Trinajstić information content (AvgIpc) is 3.43. The molecule has 3 aromatic rings. The molecule has 3 N–H and O–H groups in total. The van der Waals surface area contributed by atoms with Crippen LogP contribution in [-0.4, -0.2) is 42.6 Å². The highest BCUT2D eigenvalue weighted by Crippen LogP contribution is 2.57. The Labute approximate surface area is 284 Å². The van der Waals surface area contributed by atoms with E-state index in [1.54, 1.807) is 69.3 Å². The summed E-state index contributed by atoms with van der Waals surface area (Å²) in [6.07, 6.45) is 0.491. The highest BCUT2D eigenvalue weighted by atomic mass is 35.5. The van der Waals surface area contributed by atoms with Gasteiger partial charge < -0.3 is 25.4 Å². The first-order valence-electron chi connectivity index (χ1n) is 15.5. The first-order valence-corrected chi connectivity index (χ1v) is 16.2. The summed E-state index contributed by atoms with van der Waals surface area (Å²) in [5.74, 6) is -2.65. The lowest BCUT2D eigenvalue weighted by Gasteiger charge is -2.37. The molecule has 3 aromatic carbocycles. The van der Waals surface area contributed by atoms with Crippen LogP contribution in [0.5, 0.6) is 5.75 Å². The minimum absolute atomic E-state index is 0.0116. The Bertz CT molecular complexity index is 1730. The number of rotatable bonds is 7. The molecule has 0 aromatic heterocycles. The monoisotopic (exact) mass is 683 g/mol. The van der Waals surface area contributed by atoms with E-state index < -0.39 is 46.7 Å². The number of hydrogen-bond acceptors (Lipinski definition) is 6. The summed E-state index contributed by atoms with van der Waals surface area (Å²) >= 11 is 12.6. The third-order valence-electron chi connectivity index (χ3n) is 8.51. The lowest BCUT2D eigenvalue weighted by Crippen LogP contribution is -2.49. The molecule has 1 saturated heterocycles. The molecule has 8 nitrogen and oxygen atoms in total. The standard InChI is InChI=1S/C36H40Cl2FN3O5/c1-34(2,3)18-27-36(22-13-12-20(37)17-25(22)41-33(36)45)29(21-9-8-10-23(38)30(21)39)31(42-27)32(44)40-24-14-11-19(15-26(24)46-7)16-28(43)47-35(4,5)6/h8-15,17,27,29,31,42H,16,18H2,1-7H3,(H,40,44)(H,41,45)/t27-,29+,31+,36?/m0/s1. The van der Waals surface area contributed by atoms with Gasteiger partial charge in [-0.1, -0.05) is 68.2 Å². The van der Waals surface area contributed by atoms with Gasteiger partial charge in [0.25, 0.3) is 0 Å². The highest BCUT2D eigenvalue weighted by Gasteiger charge is 2.66. The van der Waals surface area contributed by atoms with E-state index >= 15 is 4.39 Å². The number of ether oxygens (including phenoxy) is 2. The van der Waals surface area contributed by atoms with Crippen molar-refractivity contribution >= 4 is 52.4 Å². The van der Waals surface area contributed by atoms with Crippen LogP contribution < -0.4 is 20.7 Å². The van der Waals surface area contributed by atoms with Crippen LogP contribution in [0.25, 0.3) is 0 Å². The van der Waals surface area contributed by atoms with E-state index in [1.807, 2.05) is 20.8 Å². The maximum absolute atomic E-state index is 16.1. The minimum Gasteiger partial charge on any atom is -0.495 e. The van der Waals surface area contributed by atoms with Crippen LogP contribution in [0.3, 0.4) is 0 Å². The van der Waals surface area contributed by atoms with E-state index in [4.69, 9.17) is 32.7 Å². The van der Waals surface area contributed by atoms with E-state index in [2.05, 4.69) is 16.0 Å². The molecule has 0 aliphatic carbocycles. The van der Waals surface area contributed by atoms with Gasteiger partial charge in [0.1, 0.15) is 22.6 Å². The molecule has 0 saturated carbocycles. The van der Waals surface area contributed by atoms with Gasteiger partial charge in [0, 0.05) is 22.7 Å². The van der Waals surface area contributed by atoms with Crippen molar-refractivity contribution in [3.63, 3.8) is 0 Å². The molecule has 0 bridgehead atoms. The second kappa shape index (κ2) is 12.7. The number of esters is 1. The fourth-order valence-electron chi connectivity index (χ4n) is 6.86. The molecule has 1 unspecified atom stereocenters. The Morgan fingerprint density at radius 2 is 1.74 bits per heavy atom. The number of amides is 2. The molecular formula is C36H40Cl2FN3O5. The topological polar surface area (TPSA) is 106 Å². The lowest BCUT2D eigenvalue weighted by molar-refractivity contribution is -0.153. The zero-order valence-corrected chi connectivity index (χ0v) is 29.0. The second-order valence-electron chi connectivity index (χ2n) is 14.4. The predicted molar refractivity (Wildman–Crippen MR) is 182 cm³/mol. The van der Waals surface area contributed by atoms with Gasteiger partial charge in [0.2, 0.25) is 11.8 Å². The van der Waals surface area contributed by atoms with Gasteiger partial charge in [-0.2, -0.15) is 0 Å². The predicted octanol–water partition coefficient (Wildman–Crippen LogP) is 7.41. The maximum atomic E-state index is 16.1. The third-order valence-corrected chi connectivity index (χ3v) is 9.04. The highest BCUT2D eigenvalue weighted by molar-refractivity contribution is 6.31. The van der Waals surface area contributed by atoms with Crippen molar-refractivity contribution in [2.24, 2.45) is 5.41 Å². The molecule has 1 fully saturated rings. The second-order valence-corrected chi connectivity index (χ2v) is 15.2. The molecule has 2 heterocycles. The molecule has 0 radical (unpaired) electrons. The number of nitrogens with one attached hydrogen (secondary N) is 3. The Balaban J connectivity index is 1.59. The first-order chi connectivity index (χ1) is 21.9. The smallest absolute Gasteiger partial charge is 0.310 e. The molecule has 5 rings (SSSR count). The molecule has 1 spiro atoms. The van der Waals surface area contributed by atoms with Gasteiger partial charge in [0.05, 0.1) is 30.3 Å². The minimum atomic E-state index is -1.39. The normalized spacial score (nSPS) is 22.2. The third kappa shape index (κ3) is 6.84. The molecule has 47 heavy (non-hydrogen) atoms. The molecule has 11 heteroatoms. The van der Waals surface area contributed by atoms with Crippen LogP contribution in [-0.2, 0) is 31.0 Å². The number of benzene rings is 3. The summed E-state index contributed by atoms with van der Waals surface area (Å²) < 4.78 is 27.1. The van der Waals surface area contributed by atoms with Crippen molar-refractivity contribution in [1.82, 2.24) is 5.32 Å². The summed E-state index contributed by atoms with van der Waals surface area (Å²) in [6, 6.07) is 13.1. The van der Waals surface area contributed by atoms with Crippen molar-refractivity contribution in [2.45, 2.75) is 83.4 Å². The maximum Gasteiger partial charge on any atom is 0.310 e. The van der Waals surface area contributed by atoms with Crippen molar-refractivity contribution in [3.05, 3.63) is 87.2 Å². The van der Waals surface area contributed by atoms with E-state index in [1.165, 1.54) is 13.2 Å². The summed E-state index contributed by atoms with van der Waals surface area (Å²) in [4.78, 5) is 41.2. The van der Waals surface area contributed by atoms with E-state index in [-0.39, 0.29) is 28.3 Å². The summed E-state index contributed by atoms with van der Waals surface area (Å²) in [5.41, 5.74) is -0.0512. The van der Waals surface area contributed by atoms with Crippen LogP contribution in [0.1, 0.15) is 70.6 Å². The largest absolute Gasteiger partial charge is 0.495 e. The molecule has 2 aliphatic heterocycles. The van der Waals surface area contributed by atoms with Gasteiger partial charge in [-0.25, -0.2) is 4.39 Å². The van der Waals surface area contributed by atoms with Crippen molar-refractivity contribution in [3.8, 4) is 5.75 Å². The number of carbonyl (C=O) groups excluding carboxylic acids is 3. The van der Waals surface area contributed by atoms with Crippen LogP contribution in [0.4, 0.5) is 15.8 Å². The Morgan fingerprint density at radius 1 is 1.02 bits per heavy atom. The van der Waals surface area contributed by atoms with Gasteiger partial charge in [-0.3, -0.25) is 14.4 Å². The van der Waals surface area contributed by atoms with Gasteiger partial charge in [-0.15, -0.1) is 0 Å². The Morgan fingerprint density at radius 3 is 2.40 bits per heavy atom. The van der Waals surface area contributed by atoms with Crippen molar-refractivity contribution < 1.29 is 28.2 Å². The summed E-state index contributed by atoms with van der Waals surface area (Å²) in [5, 5.41) is 9.69. The van der Waals surface area contributed by atoms with Gasteiger partial charge >= 0.3 is 5.97 Å². The fraction of sp³-hybridized carbons (Fsp3) is 0.417. The molecule has 4 atom stereocenters. The van der Waals surface area contributed by atoms with Crippen LogP contribution in [0, 0.1) is 11.2 Å². The zero-order chi connectivity index (χ0) is 34.5. The number of carbonyl (C=O) groups is 3. The summed E-state index contributed by atoms with van der Waals surface area (Å²) in [7, 11) is 1.46. The average molecular weight is 685 g/mol.